The first-order chi connectivity index (χ1) is 11.5. The van der Waals surface area contributed by atoms with E-state index in [1.165, 1.54) is 23.9 Å². The van der Waals surface area contributed by atoms with Crippen LogP contribution >= 0.6 is 11.8 Å². The topological polar surface area (TPSA) is 46.3 Å². The van der Waals surface area contributed by atoms with E-state index >= 15 is 0 Å². The van der Waals surface area contributed by atoms with Gasteiger partial charge in [-0.15, -0.1) is 0 Å². The molecule has 0 aliphatic heterocycles. The molecule has 1 atom stereocenters. The molecule has 0 bridgehead atoms. The highest BCUT2D eigenvalue weighted by Gasteiger charge is 2.21. The zero-order chi connectivity index (χ0) is 17.1. The summed E-state index contributed by atoms with van der Waals surface area (Å²) in [6, 6.07) is 13.7. The van der Waals surface area contributed by atoms with E-state index in [1.54, 1.807) is 24.1 Å². The van der Waals surface area contributed by atoms with Gasteiger partial charge < -0.3 is 9.32 Å². The molecule has 3 aromatic rings. The van der Waals surface area contributed by atoms with E-state index in [-0.39, 0.29) is 17.0 Å². The number of hydrogen-bond donors (Lipinski definition) is 0. The lowest BCUT2D eigenvalue weighted by molar-refractivity contribution is -0.129. The molecule has 0 saturated carbocycles. The molecule has 24 heavy (non-hydrogen) atoms. The molecule has 0 aliphatic rings. The smallest absolute Gasteiger partial charge is 0.257 e. The van der Waals surface area contributed by atoms with Gasteiger partial charge in [-0.3, -0.25) is 4.79 Å². The number of para-hydroxylation sites is 2. The molecule has 0 spiro atoms. The first kappa shape index (κ1) is 16.5. The largest absolute Gasteiger partial charge is 0.431 e. The van der Waals surface area contributed by atoms with Gasteiger partial charge in [0.25, 0.3) is 5.22 Å². The standard InChI is InChI=1S/C18H17FN2O2S/c1-12(24-18-20-15-8-3-4-9-16(15)23-18)17(22)21(2)11-13-6-5-7-14(19)10-13/h3-10,12H,11H2,1-2H3. The molecule has 0 saturated heterocycles. The number of benzene rings is 2. The van der Waals surface area contributed by atoms with Crippen LogP contribution in [-0.2, 0) is 11.3 Å². The summed E-state index contributed by atoms with van der Waals surface area (Å²) in [5, 5.41) is 0.118. The second kappa shape index (κ2) is 7.05. The highest BCUT2D eigenvalue weighted by molar-refractivity contribution is 8.00. The number of thioether (sulfide) groups is 1. The average molecular weight is 344 g/mol. The monoisotopic (exact) mass is 344 g/mol. The van der Waals surface area contributed by atoms with Crippen LogP contribution in [0.4, 0.5) is 4.39 Å². The Hall–Kier alpha value is -2.34. The maximum atomic E-state index is 13.2. The minimum absolute atomic E-state index is 0.0634. The van der Waals surface area contributed by atoms with Crippen LogP contribution in [-0.4, -0.2) is 28.1 Å². The van der Waals surface area contributed by atoms with Crippen molar-refractivity contribution in [2.24, 2.45) is 0 Å². The maximum absolute atomic E-state index is 13.2. The predicted octanol–water partition coefficient (Wildman–Crippen LogP) is 4.11. The first-order valence-corrected chi connectivity index (χ1v) is 8.42. The van der Waals surface area contributed by atoms with Crippen LogP contribution in [0.5, 0.6) is 0 Å². The fourth-order valence-corrected chi connectivity index (χ4v) is 3.27. The molecule has 4 nitrogen and oxygen atoms in total. The van der Waals surface area contributed by atoms with Crippen molar-refractivity contribution in [3.63, 3.8) is 0 Å². The van der Waals surface area contributed by atoms with Gasteiger partial charge in [0, 0.05) is 13.6 Å². The highest BCUT2D eigenvalue weighted by Crippen LogP contribution is 2.27. The number of aromatic nitrogens is 1. The molecule has 124 valence electrons. The first-order valence-electron chi connectivity index (χ1n) is 7.54. The third-order valence-corrected chi connectivity index (χ3v) is 4.52. The Morgan fingerprint density at radius 1 is 1.29 bits per heavy atom. The lowest BCUT2D eigenvalue weighted by atomic mass is 10.2. The number of fused-ring (bicyclic) bond motifs is 1. The van der Waals surface area contributed by atoms with Gasteiger partial charge >= 0.3 is 0 Å². The van der Waals surface area contributed by atoms with E-state index in [0.29, 0.717) is 17.4 Å². The van der Waals surface area contributed by atoms with Crippen molar-refractivity contribution >= 4 is 28.8 Å². The second-order valence-electron chi connectivity index (χ2n) is 5.53. The van der Waals surface area contributed by atoms with Crippen LogP contribution in [0.3, 0.4) is 0 Å². The van der Waals surface area contributed by atoms with Gasteiger partial charge in [-0.2, -0.15) is 0 Å². The summed E-state index contributed by atoms with van der Waals surface area (Å²) in [5.74, 6) is -0.367. The van der Waals surface area contributed by atoms with E-state index in [1.807, 2.05) is 31.2 Å². The Morgan fingerprint density at radius 3 is 2.83 bits per heavy atom. The van der Waals surface area contributed by atoms with Gasteiger partial charge in [-0.25, -0.2) is 9.37 Å². The number of nitrogens with zero attached hydrogens (tertiary/aromatic N) is 2. The van der Waals surface area contributed by atoms with Crippen molar-refractivity contribution in [3.8, 4) is 0 Å². The molecule has 0 radical (unpaired) electrons. The van der Waals surface area contributed by atoms with Crippen molar-refractivity contribution in [3.05, 3.63) is 59.9 Å². The zero-order valence-electron chi connectivity index (χ0n) is 13.4. The van der Waals surface area contributed by atoms with Crippen molar-refractivity contribution in [2.45, 2.75) is 23.9 Å². The summed E-state index contributed by atoms with van der Waals surface area (Å²) in [7, 11) is 1.70. The highest BCUT2D eigenvalue weighted by atomic mass is 32.2. The maximum Gasteiger partial charge on any atom is 0.257 e. The van der Waals surface area contributed by atoms with Gasteiger partial charge in [-0.1, -0.05) is 36.0 Å². The molecule has 0 N–H and O–H groups in total. The molecule has 1 unspecified atom stereocenters. The molecule has 6 heteroatoms. The summed E-state index contributed by atoms with van der Waals surface area (Å²) in [6.07, 6.45) is 0. The Kier molecular flexibility index (Phi) is 4.85. The van der Waals surface area contributed by atoms with Crippen molar-refractivity contribution in [1.29, 1.82) is 0 Å². The van der Waals surface area contributed by atoms with Crippen LogP contribution in [0.25, 0.3) is 11.1 Å². The molecule has 3 rings (SSSR count). The number of carbonyl (C=O) groups excluding carboxylic acids is 1. The van der Waals surface area contributed by atoms with E-state index < -0.39 is 0 Å². The summed E-state index contributed by atoms with van der Waals surface area (Å²) in [4.78, 5) is 18.4. The number of halogens is 1. The van der Waals surface area contributed by atoms with E-state index in [0.717, 1.165) is 11.1 Å². The third kappa shape index (κ3) is 3.76. The summed E-state index contributed by atoms with van der Waals surface area (Å²) in [6.45, 7) is 2.17. The number of carbonyl (C=O) groups is 1. The molecule has 1 heterocycles. The van der Waals surface area contributed by atoms with E-state index in [4.69, 9.17) is 4.42 Å². The summed E-state index contributed by atoms with van der Waals surface area (Å²) >= 11 is 1.28. The molecule has 0 fully saturated rings. The number of amides is 1. The van der Waals surface area contributed by atoms with Gasteiger partial charge in [0.15, 0.2) is 5.58 Å². The average Bonchev–Trinajstić information content (AvgIpc) is 2.96. The second-order valence-corrected chi connectivity index (χ2v) is 6.82. The normalized spacial score (nSPS) is 12.3. The fourth-order valence-electron chi connectivity index (χ4n) is 2.40. The van der Waals surface area contributed by atoms with Crippen molar-refractivity contribution in [2.75, 3.05) is 7.05 Å². The number of oxazole rings is 1. The third-order valence-electron chi connectivity index (χ3n) is 3.58. The number of rotatable bonds is 5. The van der Waals surface area contributed by atoms with Gasteiger partial charge in [-0.05, 0) is 36.8 Å². The van der Waals surface area contributed by atoms with Crippen molar-refractivity contribution < 1.29 is 13.6 Å². The quantitative estimate of drug-likeness (QED) is 0.654. The molecule has 0 aliphatic carbocycles. The van der Waals surface area contributed by atoms with Gasteiger partial charge in [0.2, 0.25) is 5.91 Å². The molecular formula is C18H17FN2O2S. The van der Waals surface area contributed by atoms with Crippen LogP contribution < -0.4 is 0 Å². The SMILES string of the molecule is CC(Sc1nc2ccccc2o1)C(=O)N(C)Cc1cccc(F)c1. The Bertz CT molecular complexity index is 832. The number of hydrogen-bond acceptors (Lipinski definition) is 4. The minimum atomic E-state index is -0.350. The minimum Gasteiger partial charge on any atom is -0.431 e. The summed E-state index contributed by atoms with van der Waals surface area (Å²) in [5.41, 5.74) is 2.23. The Balaban J connectivity index is 1.65. The van der Waals surface area contributed by atoms with E-state index in [9.17, 15) is 9.18 Å². The van der Waals surface area contributed by atoms with Crippen molar-refractivity contribution in [1.82, 2.24) is 9.88 Å². The molecule has 1 aromatic heterocycles. The van der Waals surface area contributed by atoms with Crippen LogP contribution in [0.15, 0.2) is 58.2 Å². The fraction of sp³-hybridized carbons (Fsp3) is 0.222. The van der Waals surface area contributed by atoms with Gasteiger partial charge in [0.05, 0.1) is 5.25 Å². The van der Waals surface area contributed by atoms with Gasteiger partial charge in [0.1, 0.15) is 11.3 Å². The Labute approximate surface area is 143 Å². The summed E-state index contributed by atoms with van der Waals surface area (Å²) < 4.78 is 18.9. The zero-order valence-corrected chi connectivity index (χ0v) is 14.2. The van der Waals surface area contributed by atoms with Crippen LogP contribution in [0, 0.1) is 5.82 Å². The lowest BCUT2D eigenvalue weighted by Gasteiger charge is -2.20. The van der Waals surface area contributed by atoms with E-state index in [2.05, 4.69) is 4.98 Å². The Morgan fingerprint density at radius 2 is 2.08 bits per heavy atom. The lowest BCUT2D eigenvalue weighted by Crippen LogP contribution is -2.32. The van der Waals surface area contributed by atoms with Crippen LogP contribution in [0.1, 0.15) is 12.5 Å². The van der Waals surface area contributed by atoms with Crippen LogP contribution in [0.2, 0.25) is 0 Å². The molecule has 2 aromatic carbocycles. The predicted molar refractivity (Wildman–Crippen MR) is 92.2 cm³/mol. The molecule has 1 amide bonds. The molecular weight excluding hydrogens is 327 g/mol.